The summed E-state index contributed by atoms with van der Waals surface area (Å²) >= 11 is 0. The maximum Gasteiger partial charge on any atom is 0.278 e. The number of hydrogen-bond acceptors (Lipinski definition) is 7. The van der Waals surface area contributed by atoms with Crippen LogP contribution in [0.2, 0.25) is 0 Å². The maximum atomic E-state index is 13.1. The molecule has 29 heavy (non-hydrogen) atoms. The molecule has 0 saturated carbocycles. The van der Waals surface area contributed by atoms with Gasteiger partial charge in [0.2, 0.25) is 11.8 Å². The zero-order chi connectivity index (χ0) is 20.2. The van der Waals surface area contributed by atoms with Crippen molar-refractivity contribution in [1.82, 2.24) is 19.8 Å². The Morgan fingerprint density at radius 3 is 2.66 bits per heavy atom. The van der Waals surface area contributed by atoms with E-state index in [0.29, 0.717) is 51.0 Å². The third kappa shape index (κ3) is 4.44. The maximum absolute atomic E-state index is 13.1. The highest BCUT2D eigenvalue weighted by molar-refractivity contribution is 5.89. The number of ether oxygens (including phenoxy) is 3. The van der Waals surface area contributed by atoms with Crippen LogP contribution in [-0.4, -0.2) is 83.7 Å². The van der Waals surface area contributed by atoms with Gasteiger partial charge in [0, 0.05) is 51.2 Å². The van der Waals surface area contributed by atoms with E-state index in [-0.39, 0.29) is 29.9 Å². The van der Waals surface area contributed by atoms with Crippen LogP contribution in [0.5, 0.6) is 11.8 Å². The van der Waals surface area contributed by atoms with Crippen molar-refractivity contribution in [2.24, 2.45) is 5.92 Å². The van der Waals surface area contributed by atoms with E-state index in [9.17, 15) is 9.59 Å². The van der Waals surface area contributed by atoms with Crippen LogP contribution in [0.4, 0.5) is 0 Å². The molecule has 4 rings (SSSR count). The van der Waals surface area contributed by atoms with E-state index in [2.05, 4.69) is 9.97 Å². The van der Waals surface area contributed by atoms with Gasteiger partial charge in [-0.3, -0.25) is 9.59 Å². The summed E-state index contributed by atoms with van der Waals surface area (Å²) in [6, 6.07) is 0.204. The zero-order valence-electron chi connectivity index (χ0n) is 16.8. The Labute approximate surface area is 170 Å². The number of methoxy groups -OCH3 is 1. The highest BCUT2D eigenvalue weighted by atomic mass is 16.5. The van der Waals surface area contributed by atoms with Crippen molar-refractivity contribution in [2.45, 2.75) is 44.2 Å². The largest absolute Gasteiger partial charge is 0.477 e. The lowest BCUT2D eigenvalue weighted by Crippen LogP contribution is -2.47. The van der Waals surface area contributed by atoms with Gasteiger partial charge in [0.25, 0.3) is 11.8 Å². The Balaban J connectivity index is 1.35. The summed E-state index contributed by atoms with van der Waals surface area (Å²) in [5.41, 5.74) is 0. The van der Waals surface area contributed by atoms with Crippen LogP contribution in [-0.2, 0) is 14.3 Å². The van der Waals surface area contributed by atoms with Crippen LogP contribution in [0.15, 0.2) is 12.4 Å². The second-order valence-electron chi connectivity index (χ2n) is 7.83. The Bertz CT molecular complexity index is 739. The first-order valence-electron chi connectivity index (χ1n) is 10.3. The van der Waals surface area contributed by atoms with Gasteiger partial charge in [-0.2, -0.15) is 0 Å². The average Bonchev–Trinajstić information content (AvgIpc) is 3.16. The summed E-state index contributed by atoms with van der Waals surface area (Å²) in [6.07, 6.45) is 6.63. The van der Waals surface area contributed by atoms with Crippen molar-refractivity contribution in [1.29, 1.82) is 0 Å². The van der Waals surface area contributed by atoms with Gasteiger partial charge in [-0.05, 0) is 25.7 Å². The third-order valence-corrected chi connectivity index (χ3v) is 5.93. The van der Waals surface area contributed by atoms with Crippen LogP contribution in [0.1, 0.15) is 32.1 Å². The number of piperidine rings is 1. The molecule has 2 amide bonds. The van der Waals surface area contributed by atoms with Gasteiger partial charge in [-0.15, -0.1) is 0 Å². The molecule has 0 spiro atoms. The summed E-state index contributed by atoms with van der Waals surface area (Å²) in [5.74, 6) is 0.548. The second kappa shape index (κ2) is 8.94. The summed E-state index contributed by atoms with van der Waals surface area (Å²) in [5, 5.41) is 0. The standard InChI is InChI=1S/C20H28N4O5/c1-27-18-19(22-7-6-21-18)29-16-3-2-8-23(13-16)20(26)14-11-17(25)24(12-14)15-4-9-28-10-5-15/h6-7,14-16H,2-5,8-13H2,1H3. The van der Waals surface area contributed by atoms with E-state index in [1.165, 1.54) is 7.11 Å². The first-order chi connectivity index (χ1) is 14.2. The second-order valence-corrected chi connectivity index (χ2v) is 7.83. The molecule has 3 fully saturated rings. The Morgan fingerprint density at radius 2 is 1.90 bits per heavy atom. The number of carbonyl (C=O) groups excluding carboxylic acids is 2. The van der Waals surface area contributed by atoms with E-state index in [4.69, 9.17) is 14.2 Å². The summed E-state index contributed by atoms with van der Waals surface area (Å²) < 4.78 is 16.6. The van der Waals surface area contributed by atoms with E-state index < -0.39 is 0 Å². The number of amides is 2. The van der Waals surface area contributed by atoms with E-state index in [0.717, 1.165) is 25.7 Å². The minimum Gasteiger partial charge on any atom is -0.477 e. The predicted octanol–water partition coefficient (Wildman–Crippen LogP) is 0.883. The zero-order valence-corrected chi connectivity index (χ0v) is 16.8. The van der Waals surface area contributed by atoms with Gasteiger partial charge in [-0.25, -0.2) is 9.97 Å². The first-order valence-corrected chi connectivity index (χ1v) is 10.3. The number of aromatic nitrogens is 2. The van der Waals surface area contributed by atoms with Crippen molar-refractivity contribution >= 4 is 11.8 Å². The van der Waals surface area contributed by atoms with Gasteiger partial charge in [0.1, 0.15) is 6.10 Å². The monoisotopic (exact) mass is 404 g/mol. The first kappa shape index (κ1) is 19.9. The van der Waals surface area contributed by atoms with E-state index >= 15 is 0 Å². The molecule has 1 aromatic heterocycles. The molecule has 158 valence electrons. The molecule has 3 aliphatic rings. The van der Waals surface area contributed by atoms with Crippen LogP contribution < -0.4 is 9.47 Å². The van der Waals surface area contributed by atoms with Gasteiger partial charge in [0.15, 0.2) is 0 Å². The molecule has 1 aromatic rings. The molecule has 0 aromatic carbocycles. The molecule has 0 N–H and O–H groups in total. The summed E-state index contributed by atoms with van der Waals surface area (Å²) in [4.78, 5) is 37.6. The number of carbonyl (C=O) groups is 2. The fourth-order valence-corrected chi connectivity index (χ4v) is 4.43. The van der Waals surface area contributed by atoms with Gasteiger partial charge < -0.3 is 24.0 Å². The van der Waals surface area contributed by atoms with Crippen molar-refractivity contribution in [3.05, 3.63) is 12.4 Å². The number of rotatable bonds is 5. The molecule has 9 heteroatoms. The Kier molecular flexibility index (Phi) is 6.13. The lowest BCUT2D eigenvalue weighted by molar-refractivity contribution is -0.138. The molecule has 2 unspecified atom stereocenters. The van der Waals surface area contributed by atoms with Gasteiger partial charge in [0.05, 0.1) is 19.6 Å². The van der Waals surface area contributed by atoms with Crippen molar-refractivity contribution in [3.63, 3.8) is 0 Å². The highest BCUT2D eigenvalue weighted by Crippen LogP contribution is 2.28. The number of nitrogens with zero attached hydrogens (tertiary/aromatic N) is 4. The SMILES string of the molecule is COc1nccnc1OC1CCCN(C(=O)C2CC(=O)N(C3CCOCC3)C2)C1. The lowest BCUT2D eigenvalue weighted by Gasteiger charge is -2.34. The molecule has 0 radical (unpaired) electrons. The topological polar surface area (TPSA) is 94.1 Å². The molecule has 3 saturated heterocycles. The van der Waals surface area contributed by atoms with Crippen LogP contribution in [0, 0.1) is 5.92 Å². The minimum absolute atomic E-state index is 0.0484. The molecule has 3 aliphatic heterocycles. The van der Waals surface area contributed by atoms with Gasteiger partial charge in [-0.1, -0.05) is 0 Å². The van der Waals surface area contributed by atoms with E-state index in [1.807, 2.05) is 9.80 Å². The molecule has 9 nitrogen and oxygen atoms in total. The molecule has 2 atom stereocenters. The molecular formula is C20H28N4O5. The fraction of sp³-hybridized carbons (Fsp3) is 0.700. The average molecular weight is 404 g/mol. The number of hydrogen-bond donors (Lipinski definition) is 0. The minimum atomic E-state index is -0.268. The third-order valence-electron chi connectivity index (χ3n) is 5.93. The van der Waals surface area contributed by atoms with E-state index in [1.54, 1.807) is 12.4 Å². The van der Waals surface area contributed by atoms with Crippen molar-refractivity contribution in [2.75, 3.05) is 40.0 Å². The van der Waals surface area contributed by atoms with Crippen molar-refractivity contribution in [3.8, 4) is 11.8 Å². The summed E-state index contributed by atoms with van der Waals surface area (Å²) in [7, 11) is 1.52. The smallest absolute Gasteiger partial charge is 0.278 e. The fourth-order valence-electron chi connectivity index (χ4n) is 4.43. The summed E-state index contributed by atoms with van der Waals surface area (Å²) in [6.45, 7) is 3.06. The molecular weight excluding hydrogens is 376 g/mol. The normalized spacial score (nSPS) is 25.9. The molecule has 0 bridgehead atoms. The van der Waals surface area contributed by atoms with Crippen LogP contribution in [0.25, 0.3) is 0 Å². The van der Waals surface area contributed by atoms with Crippen molar-refractivity contribution < 1.29 is 23.8 Å². The Hall–Kier alpha value is -2.42. The van der Waals surface area contributed by atoms with Gasteiger partial charge >= 0.3 is 0 Å². The van der Waals surface area contributed by atoms with Crippen LogP contribution >= 0.6 is 0 Å². The quantitative estimate of drug-likeness (QED) is 0.719. The van der Waals surface area contributed by atoms with Crippen LogP contribution in [0.3, 0.4) is 0 Å². The lowest BCUT2D eigenvalue weighted by atomic mass is 10.0. The number of likely N-dealkylation sites (tertiary alicyclic amines) is 2. The highest BCUT2D eigenvalue weighted by Gasteiger charge is 2.40. The predicted molar refractivity (Wildman–Crippen MR) is 102 cm³/mol. The molecule has 4 heterocycles. The Morgan fingerprint density at radius 1 is 1.14 bits per heavy atom. The molecule has 0 aliphatic carbocycles.